The van der Waals surface area contributed by atoms with Crippen molar-refractivity contribution in [2.75, 3.05) is 33.4 Å². The van der Waals surface area contributed by atoms with Gasteiger partial charge >= 0.3 is 0 Å². The lowest BCUT2D eigenvalue weighted by molar-refractivity contribution is -0.131. The minimum atomic E-state index is 0. The molecule has 0 bridgehead atoms. The van der Waals surface area contributed by atoms with Crippen LogP contribution in [0.25, 0.3) is 0 Å². The van der Waals surface area contributed by atoms with Crippen molar-refractivity contribution in [3.05, 3.63) is 35.9 Å². The van der Waals surface area contributed by atoms with Gasteiger partial charge in [-0.1, -0.05) is 30.3 Å². The minimum Gasteiger partial charge on any atom is -0.383 e. The molecule has 0 aromatic heterocycles. The molecule has 22 heavy (non-hydrogen) atoms. The molecule has 2 atom stereocenters. The highest BCUT2D eigenvalue weighted by atomic mass is 35.5. The minimum absolute atomic E-state index is 0. The molecule has 1 N–H and O–H groups in total. The fraction of sp³-hybridized carbons (Fsp3) is 0.588. The maximum absolute atomic E-state index is 12.2. The average molecular weight is 327 g/mol. The van der Waals surface area contributed by atoms with Crippen LogP contribution in [0.15, 0.2) is 30.3 Å². The second kappa shape index (κ2) is 9.82. The fourth-order valence-corrected chi connectivity index (χ4v) is 3.02. The van der Waals surface area contributed by atoms with Gasteiger partial charge in [-0.2, -0.15) is 0 Å². The molecule has 1 saturated heterocycles. The topological polar surface area (TPSA) is 41.6 Å². The summed E-state index contributed by atoms with van der Waals surface area (Å²) < 4.78 is 4.97. The molecule has 1 aliphatic rings. The molecule has 0 spiro atoms. The van der Waals surface area contributed by atoms with Gasteiger partial charge in [-0.15, -0.1) is 12.4 Å². The summed E-state index contributed by atoms with van der Waals surface area (Å²) >= 11 is 0. The van der Waals surface area contributed by atoms with Crippen LogP contribution in [0.2, 0.25) is 0 Å². The Morgan fingerprint density at radius 2 is 2.09 bits per heavy atom. The molecule has 1 aliphatic heterocycles. The van der Waals surface area contributed by atoms with E-state index in [-0.39, 0.29) is 18.3 Å². The quantitative estimate of drug-likeness (QED) is 0.780. The van der Waals surface area contributed by atoms with Crippen LogP contribution in [0.5, 0.6) is 0 Å². The Balaban J connectivity index is 0.00000242. The van der Waals surface area contributed by atoms with E-state index >= 15 is 0 Å². The largest absolute Gasteiger partial charge is 0.383 e. The van der Waals surface area contributed by atoms with E-state index in [2.05, 4.69) is 36.5 Å². The molecule has 5 heteroatoms. The lowest BCUT2D eigenvalue weighted by Crippen LogP contribution is -2.42. The number of hydrogen-bond acceptors (Lipinski definition) is 3. The first-order valence-corrected chi connectivity index (χ1v) is 7.75. The van der Waals surface area contributed by atoms with E-state index in [1.54, 1.807) is 7.11 Å². The smallest absolute Gasteiger partial charge is 0.236 e. The fourth-order valence-electron chi connectivity index (χ4n) is 3.02. The molecule has 0 saturated carbocycles. The SMILES string of the molecule is COCCNCC(=O)N1CCC(Cc2ccccc2)C1C.Cl. The number of rotatable bonds is 7. The van der Waals surface area contributed by atoms with E-state index < -0.39 is 0 Å². The summed E-state index contributed by atoms with van der Waals surface area (Å²) in [4.78, 5) is 14.3. The predicted octanol–water partition coefficient (Wildman–Crippen LogP) is 2.12. The van der Waals surface area contributed by atoms with Gasteiger partial charge in [-0.05, 0) is 31.2 Å². The molecule has 0 radical (unpaired) electrons. The normalized spacial score (nSPS) is 20.7. The highest BCUT2D eigenvalue weighted by Crippen LogP contribution is 2.27. The first-order valence-electron chi connectivity index (χ1n) is 7.75. The van der Waals surface area contributed by atoms with Crippen molar-refractivity contribution in [1.29, 1.82) is 0 Å². The van der Waals surface area contributed by atoms with E-state index in [1.165, 1.54) is 5.56 Å². The molecule has 1 amide bonds. The highest BCUT2D eigenvalue weighted by molar-refractivity contribution is 5.85. The van der Waals surface area contributed by atoms with Gasteiger partial charge < -0.3 is 15.0 Å². The number of carbonyl (C=O) groups is 1. The number of hydrogen-bond donors (Lipinski definition) is 1. The van der Waals surface area contributed by atoms with Gasteiger partial charge in [-0.3, -0.25) is 4.79 Å². The Morgan fingerprint density at radius 3 is 2.77 bits per heavy atom. The molecule has 2 rings (SSSR count). The molecule has 124 valence electrons. The van der Waals surface area contributed by atoms with Crippen LogP contribution >= 0.6 is 12.4 Å². The first-order chi connectivity index (χ1) is 10.2. The van der Waals surface area contributed by atoms with E-state index in [0.717, 1.165) is 25.9 Å². The molecular formula is C17H27ClN2O2. The van der Waals surface area contributed by atoms with Crippen LogP contribution in [0.4, 0.5) is 0 Å². The maximum Gasteiger partial charge on any atom is 0.236 e. The highest BCUT2D eigenvalue weighted by Gasteiger charge is 2.33. The van der Waals surface area contributed by atoms with E-state index in [0.29, 0.717) is 25.1 Å². The monoisotopic (exact) mass is 326 g/mol. The summed E-state index contributed by atoms with van der Waals surface area (Å²) in [6.07, 6.45) is 2.16. The lowest BCUT2D eigenvalue weighted by atomic mass is 9.93. The summed E-state index contributed by atoms with van der Waals surface area (Å²) in [5.74, 6) is 0.768. The second-order valence-electron chi connectivity index (χ2n) is 5.74. The molecule has 1 aromatic carbocycles. The lowest BCUT2D eigenvalue weighted by Gasteiger charge is -2.25. The van der Waals surface area contributed by atoms with Crippen LogP contribution in [0.3, 0.4) is 0 Å². The van der Waals surface area contributed by atoms with Crippen molar-refractivity contribution in [3.63, 3.8) is 0 Å². The molecular weight excluding hydrogens is 300 g/mol. The Kier molecular flexibility index (Phi) is 8.46. The van der Waals surface area contributed by atoms with E-state index in [4.69, 9.17) is 4.74 Å². The van der Waals surface area contributed by atoms with Crippen molar-refractivity contribution in [2.45, 2.75) is 25.8 Å². The average Bonchev–Trinajstić information content (AvgIpc) is 2.86. The summed E-state index contributed by atoms with van der Waals surface area (Å²) in [6, 6.07) is 10.9. The number of ether oxygens (including phenoxy) is 1. The number of methoxy groups -OCH3 is 1. The summed E-state index contributed by atoms with van der Waals surface area (Å²) in [5.41, 5.74) is 1.36. The van der Waals surface area contributed by atoms with E-state index in [1.807, 2.05) is 11.0 Å². The Hall–Kier alpha value is -1.10. The molecule has 1 aromatic rings. The van der Waals surface area contributed by atoms with Crippen LogP contribution in [0.1, 0.15) is 18.9 Å². The van der Waals surface area contributed by atoms with Crippen LogP contribution in [-0.2, 0) is 16.0 Å². The van der Waals surface area contributed by atoms with Crippen molar-refractivity contribution in [2.24, 2.45) is 5.92 Å². The van der Waals surface area contributed by atoms with Crippen molar-refractivity contribution < 1.29 is 9.53 Å². The molecule has 2 unspecified atom stereocenters. The number of amides is 1. The standard InChI is InChI=1S/C17H26N2O2.ClH/c1-14-16(12-15-6-4-3-5-7-15)8-10-19(14)17(20)13-18-9-11-21-2;/h3-7,14,16,18H,8-13H2,1-2H3;1H. The zero-order valence-corrected chi connectivity index (χ0v) is 14.3. The van der Waals surface area contributed by atoms with Gasteiger partial charge in [0.05, 0.1) is 13.2 Å². The van der Waals surface area contributed by atoms with Gasteiger partial charge in [0.2, 0.25) is 5.91 Å². The number of carbonyl (C=O) groups excluding carboxylic acids is 1. The Bertz CT molecular complexity index is 442. The molecule has 1 fully saturated rings. The molecule has 4 nitrogen and oxygen atoms in total. The summed E-state index contributed by atoms with van der Waals surface area (Å²) in [7, 11) is 1.67. The van der Waals surface area contributed by atoms with Crippen molar-refractivity contribution >= 4 is 18.3 Å². The van der Waals surface area contributed by atoms with Crippen molar-refractivity contribution in [1.82, 2.24) is 10.2 Å². The third-order valence-corrected chi connectivity index (χ3v) is 4.33. The van der Waals surface area contributed by atoms with Crippen LogP contribution in [-0.4, -0.2) is 50.2 Å². The van der Waals surface area contributed by atoms with Gasteiger partial charge in [0, 0.05) is 26.2 Å². The number of likely N-dealkylation sites (tertiary alicyclic amines) is 1. The Morgan fingerprint density at radius 1 is 1.36 bits per heavy atom. The molecule has 1 heterocycles. The predicted molar refractivity (Wildman–Crippen MR) is 91.4 cm³/mol. The third-order valence-electron chi connectivity index (χ3n) is 4.33. The van der Waals surface area contributed by atoms with Crippen molar-refractivity contribution in [3.8, 4) is 0 Å². The third kappa shape index (κ3) is 5.27. The molecule has 0 aliphatic carbocycles. The number of benzene rings is 1. The Labute approximate surface area is 139 Å². The zero-order valence-electron chi connectivity index (χ0n) is 13.5. The summed E-state index contributed by atoms with van der Waals surface area (Å²) in [6.45, 7) is 4.82. The van der Waals surface area contributed by atoms with Crippen LogP contribution in [0, 0.1) is 5.92 Å². The maximum atomic E-state index is 12.2. The van der Waals surface area contributed by atoms with Gasteiger partial charge in [0.25, 0.3) is 0 Å². The van der Waals surface area contributed by atoms with E-state index in [9.17, 15) is 4.79 Å². The number of nitrogens with zero attached hydrogens (tertiary/aromatic N) is 1. The van der Waals surface area contributed by atoms with Crippen LogP contribution < -0.4 is 5.32 Å². The van der Waals surface area contributed by atoms with Gasteiger partial charge in [0.1, 0.15) is 0 Å². The number of halogens is 1. The summed E-state index contributed by atoms with van der Waals surface area (Å²) in [5, 5.41) is 3.13. The first kappa shape index (κ1) is 18.9. The van der Waals surface area contributed by atoms with Gasteiger partial charge in [0.15, 0.2) is 0 Å². The second-order valence-corrected chi connectivity index (χ2v) is 5.74. The van der Waals surface area contributed by atoms with Gasteiger partial charge in [-0.25, -0.2) is 0 Å². The zero-order chi connectivity index (χ0) is 15.1. The number of nitrogens with one attached hydrogen (secondary N) is 1.